The van der Waals surface area contributed by atoms with Crippen molar-refractivity contribution in [1.29, 1.82) is 0 Å². The van der Waals surface area contributed by atoms with Gasteiger partial charge in [-0.25, -0.2) is 9.67 Å². The second-order valence-corrected chi connectivity index (χ2v) is 9.28. The summed E-state index contributed by atoms with van der Waals surface area (Å²) in [5.74, 6) is -1.05. The Morgan fingerprint density at radius 3 is 2.59 bits per heavy atom. The number of pyridine rings is 1. The number of amides is 2. The van der Waals surface area contributed by atoms with E-state index in [1.54, 1.807) is 0 Å². The number of aromatic nitrogens is 3. The van der Waals surface area contributed by atoms with Gasteiger partial charge >= 0.3 is 6.18 Å². The van der Waals surface area contributed by atoms with Gasteiger partial charge in [-0.15, -0.1) is 0 Å². The zero-order valence-corrected chi connectivity index (χ0v) is 21.1. The third kappa shape index (κ3) is 6.04. The van der Waals surface area contributed by atoms with Crippen LogP contribution in [0.3, 0.4) is 0 Å². The van der Waals surface area contributed by atoms with E-state index in [0.29, 0.717) is 16.5 Å². The summed E-state index contributed by atoms with van der Waals surface area (Å²) in [5, 5.41) is 6.15. The van der Waals surface area contributed by atoms with Crippen molar-refractivity contribution in [1.82, 2.24) is 19.5 Å². The normalized spacial score (nSPS) is 11.4. The molecular formula is C20H15BrCl2F3N5O2S. The highest BCUT2D eigenvalue weighted by Gasteiger charge is 2.37. The molecule has 0 unspecified atom stereocenters. The van der Waals surface area contributed by atoms with Crippen molar-refractivity contribution >= 4 is 68.6 Å². The number of alkyl halides is 3. The van der Waals surface area contributed by atoms with Gasteiger partial charge in [-0.2, -0.15) is 18.3 Å². The highest BCUT2D eigenvalue weighted by molar-refractivity contribution is 9.10. The molecule has 0 bridgehead atoms. The lowest BCUT2D eigenvalue weighted by molar-refractivity contribution is -0.141. The van der Waals surface area contributed by atoms with Crippen LogP contribution in [-0.2, 0) is 6.18 Å². The minimum absolute atomic E-state index is 0.00862. The molecule has 0 atom stereocenters. The lowest BCUT2D eigenvalue weighted by atomic mass is 10.1. The molecule has 3 aromatic rings. The summed E-state index contributed by atoms with van der Waals surface area (Å²) in [6.07, 6.45) is -2.72. The van der Waals surface area contributed by atoms with Crippen LogP contribution in [0.5, 0.6) is 0 Å². The summed E-state index contributed by atoms with van der Waals surface area (Å²) in [5.41, 5.74) is -1.79. The number of halogens is 6. The molecule has 0 fully saturated rings. The van der Waals surface area contributed by atoms with Gasteiger partial charge in [0.2, 0.25) is 0 Å². The Hall–Kier alpha value is -2.28. The van der Waals surface area contributed by atoms with E-state index in [2.05, 4.69) is 36.1 Å². The molecule has 0 aliphatic carbocycles. The maximum atomic E-state index is 13.4. The Bertz CT molecular complexity index is 1240. The Balaban J connectivity index is 2.04. The number of rotatable bonds is 7. The van der Waals surface area contributed by atoms with Crippen molar-refractivity contribution in [2.24, 2.45) is 0 Å². The zero-order valence-electron chi connectivity index (χ0n) is 17.2. The highest BCUT2D eigenvalue weighted by Crippen LogP contribution is 2.33. The molecule has 0 aliphatic rings. The third-order valence-electron chi connectivity index (χ3n) is 4.18. The number of benzene rings is 1. The van der Waals surface area contributed by atoms with Gasteiger partial charge in [0.15, 0.2) is 11.5 Å². The summed E-state index contributed by atoms with van der Waals surface area (Å²) >= 11 is 16.5. The predicted molar refractivity (Wildman–Crippen MR) is 129 cm³/mol. The second-order valence-electron chi connectivity index (χ2n) is 6.68. The smallest absolute Gasteiger partial charge is 0.319 e. The number of anilines is 1. The molecule has 2 N–H and O–H groups in total. The van der Waals surface area contributed by atoms with E-state index in [1.807, 2.05) is 6.92 Å². The van der Waals surface area contributed by atoms with Crippen LogP contribution < -0.4 is 10.0 Å². The molecule has 0 radical (unpaired) electrons. The van der Waals surface area contributed by atoms with E-state index in [4.69, 9.17) is 23.2 Å². The van der Waals surface area contributed by atoms with Crippen LogP contribution in [0.4, 0.5) is 18.9 Å². The quantitative estimate of drug-likeness (QED) is 0.243. The Labute approximate surface area is 214 Å². The van der Waals surface area contributed by atoms with E-state index in [-0.39, 0.29) is 31.6 Å². The van der Waals surface area contributed by atoms with Gasteiger partial charge in [-0.3, -0.25) is 14.3 Å². The van der Waals surface area contributed by atoms with Gasteiger partial charge in [0.1, 0.15) is 5.69 Å². The first-order valence-electron chi connectivity index (χ1n) is 9.53. The molecule has 0 saturated heterocycles. The van der Waals surface area contributed by atoms with Crippen molar-refractivity contribution in [3.8, 4) is 5.82 Å². The van der Waals surface area contributed by atoms with Gasteiger partial charge in [-0.05, 0) is 46.6 Å². The summed E-state index contributed by atoms with van der Waals surface area (Å²) in [4.78, 5) is 29.7. The lowest BCUT2D eigenvalue weighted by Gasteiger charge is -2.14. The molecule has 0 saturated carbocycles. The fourth-order valence-corrected chi connectivity index (χ4v) is 4.37. The molecule has 14 heteroatoms. The number of hydrogen-bond donors (Lipinski definition) is 2. The molecule has 0 aliphatic heterocycles. The SMILES string of the molecule is CCCSNC(=O)c1cc(Cl)cc(Br)c1NC(=O)c1cc(C(F)(F)F)nn1-c1ncccc1Cl. The Kier molecular flexibility index (Phi) is 8.50. The molecule has 34 heavy (non-hydrogen) atoms. The van der Waals surface area contributed by atoms with Gasteiger partial charge in [0.05, 0.1) is 16.3 Å². The molecule has 2 heterocycles. The molecule has 2 amide bonds. The summed E-state index contributed by atoms with van der Waals surface area (Å²) in [6.45, 7) is 1.94. The summed E-state index contributed by atoms with van der Waals surface area (Å²) in [6, 6.07) is 6.21. The number of hydrogen-bond acceptors (Lipinski definition) is 5. The topological polar surface area (TPSA) is 88.9 Å². The van der Waals surface area contributed by atoms with Gasteiger partial charge in [0.25, 0.3) is 11.8 Å². The van der Waals surface area contributed by atoms with Crippen LogP contribution in [-0.4, -0.2) is 32.3 Å². The van der Waals surface area contributed by atoms with Gasteiger partial charge in [-0.1, -0.05) is 42.1 Å². The minimum Gasteiger partial charge on any atom is -0.319 e. The third-order valence-corrected chi connectivity index (χ3v) is 6.26. The van der Waals surface area contributed by atoms with Crippen LogP contribution in [0, 0.1) is 0 Å². The van der Waals surface area contributed by atoms with Gasteiger partial charge in [0, 0.05) is 27.5 Å². The summed E-state index contributed by atoms with van der Waals surface area (Å²) < 4.78 is 43.7. The van der Waals surface area contributed by atoms with Crippen LogP contribution >= 0.6 is 51.1 Å². The van der Waals surface area contributed by atoms with Crippen molar-refractivity contribution in [2.75, 3.05) is 11.1 Å². The zero-order chi connectivity index (χ0) is 25.0. The lowest BCUT2D eigenvalue weighted by Crippen LogP contribution is -2.22. The standard InChI is InChI=1S/C20H15BrCl2F3N5O2S/c1-2-6-34-30-18(32)11-7-10(22)8-12(21)16(11)28-19(33)14-9-15(20(24,25)26)29-31(14)17-13(23)4-3-5-27-17/h3-5,7-9H,2,6H2,1H3,(H,28,33)(H,30,32). The molecule has 7 nitrogen and oxygen atoms in total. The second kappa shape index (κ2) is 11.0. The van der Waals surface area contributed by atoms with E-state index >= 15 is 0 Å². The molecule has 0 spiro atoms. The molecular weight excluding hydrogens is 582 g/mol. The van der Waals surface area contributed by atoms with Crippen molar-refractivity contribution in [3.63, 3.8) is 0 Å². The first-order valence-corrected chi connectivity index (χ1v) is 12.1. The predicted octanol–water partition coefficient (Wildman–Crippen LogP) is 6.40. The van der Waals surface area contributed by atoms with Crippen LogP contribution in [0.2, 0.25) is 10.0 Å². The average molecular weight is 597 g/mol. The van der Waals surface area contributed by atoms with E-state index < -0.39 is 29.4 Å². The monoisotopic (exact) mass is 595 g/mol. The molecule has 2 aromatic heterocycles. The number of carbonyl (C=O) groups excluding carboxylic acids is 2. The van der Waals surface area contributed by atoms with Crippen LogP contribution in [0.15, 0.2) is 41.0 Å². The van der Waals surface area contributed by atoms with E-state index in [1.165, 1.54) is 42.4 Å². The average Bonchev–Trinajstić information content (AvgIpc) is 3.21. The number of nitrogens with one attached hydrogen (secondary N) is 2. The van der Waals surface area contributed by atoms with E-state index in [9.17, 15) is 22.8 Å². The summed E-state index contributed by atoms with van der Waals surface area (Å²) in [7, 11) is 0. The number of nitrogens with zero attached hydrogens (tertiary/aromatic N) is 3. The molecule has 180 valence electrons. The van der Waals surface area contributed by atoms with Crippen LogP contribution in [0.1, 0.15) is 39.9 Å². The molecule has 3 rings (SSSR count). The van der Waals surface area contributed by atoms with Crippen LogP contribution in [0.25, 0.3) is 5.82 Å². The molecule has 1 aromatic carbocycles. The first-order chi connectivity index (χ1) is 16.0. The fourth-order valence-electron chi connectivity index (χ4n) is 2.71. The Morgan fingerprint density at radius 1 is 1.21 bits per heavy atom. The minimum atomic E-state index is -4.83. The van der Waals surface area contributed by atoms with Crippen molar-refractivity contribution in [3.05, 3.63) is 68.0 Å². The van der Waals surface area contributed by atoms with Crippen molar-refractivity contribution < 1.29 is 22.8 Å². The Morgan fingerprint density at radius 2 is 1.94 bits per heavy atom. The first kappa shape index (κ1) is 26.3. The highest BCUT2D eigenvalue weighted by atomic mass is 79.9. The number of carbonyl (C=O) groups is 2. The maximum Gasteiger partial charge on any atom is 0.435 e. The largest absolute Gasteiger partial charge is 0.435 e. The van der Waals surface area contributed by atoms with Gasteiger partial charge < -0.3 is 5.32 Å². The maximum absolute atomic E-state index is 13.4. The van der Waals surface area contributed by atoms with E-state index in [0.717, 1.165) is 6.42 Å². The fraction of sp³-hybridized carbons (Fsp3) is 0.200. The van der Waals surface area contributed by atoms with Crippen molar-refractivity contribution in [2.45, 2.75) is 19.5 Å².